The molecule has 0 amide bonds. The Kier molecular flexibility index (Phi) is 3.10. The molecule has 0 bridgehead atoms. The third-order valence-electron chi connectivity index (χ3n) is 2.59. The SMILES string of the molecule is FC(F)(F)c1csc2nc(-c3ccccn3)nc(Cl)c12. The minimum absolute atomic E-state index is 0.163. The van der Waals surface area contributed by atoms with Crippen molar-refractivity contribution in [2.45, 2.75) is 6.18 Å². The number of halogens is 4. The van der Waals surface area contributed by atoms with Gasteiger partial charge in [0, 0.05) is 11.6 Å². The highest BCUT2D eigenvalue weighted by Crippen LogP contribution is 2.40. The van der Waals surface area contributed by atoms with Gasteiger partial charge in [0.05, 0.1) is 10.9 Å². The second-order valence-electron chi connectivity index (χ2n) is 3.88. The van der Waals surface area contributed by atoms with Gasteiger partial charge < -0.3 is 0 Å². The van der Waals surface area contributed by atoms with E-state index in [9.17, 15) is 13.2 Å². The number of alkyl halides is 3. The standard InChI is InChI=1S/C12H5ClF3N3S/c13-9-8-6(12(14,15)16)5-20-11(8)19-10(18-9)7-3-1-2-4-17-7/h1-5H. The van der Waals surface area contributed by atoms with E-state index in [1.54, 1.807) is 24.4 Å². The molecule has 3 aromatic heterocycles. The largest absolute Gasteiger partial charge is 0.417 e. The van der Waals surface area contributed by atoms with Crippen LogP contribution < -0.4 is 0 Å². The predicted octanol–water partition coefficient (Wildman–Crippen LogP) is 4.43. The summed E-state index contributed by atoms with van der Waals surface area (Å²) in [5.74, 6) is 0.207. The molecule has 3 aromatic rings. The summed E-state index contributed by atoms with van der Waals surface area (Å²) in [5, 5.41) is 0.612. The molecule has 3 rings (SSSR count). The molecule has 0 fully saturated rings. The van der Waals surface area contributed by atoms with Crippen LogP contribution in [0.15, 0.2) is 29.8 Å². The second kappa shape index (κ2) is 4.68. The quantitative estimate of drug-likeness (QED) is 0.624. The number of fused-ring (bicyclic) bond motifs is 1. The maximum Gasteiger partial charge on any atom is 0.417 e. The van der Waals surface area contributed by atoms with Crippen LogP contribution >= 0.6 is 22.9 Å². The molecule has 0 atom stereocenters. The number of thiophene rings is 1. The molecule has 3 nitrogen and oxygen atoms in total. The number of rotatable bonds is 1. The van der Waals surface area contributed by atoms with Crippen LogP contribution in [0.3, 0.4) is 0 Å². The first-order valence-electron chi connectivity index (χ1n) is 5.40. The Labute approximate surface area is 120 Å². The molecular formula is C12H5ClF3N3S. The summed E-state index contributed by atoms with van der Waals surface area (Å²) in [7, 11) is 0. The van der Waals surface area contributed by atoms with E-state index in [1.807, 2.05) is 0 Å². The maximum atomic E-state index is 12.8. The lowest BCUT2D eigenvalue weighted by atomic mass is 10.2. The Morgan fingerprint density at radius 2 is 1.95 bits per heavy atom. The normalized spacial score (nSPS) is 12.0. The van der Waals surface area contributed by atoms with Crippen LogP contribution in [0.2, 0.25) is 5.15 Å². The van der Waals surface area contributed by atoms with Crippen molar-refractivity contribution >= 4 is 33.2 Å². The van der Waals surface area contributed by atoms with Gasteiger partial charge in [0.2, 0.25) is 0 Å². The zero-order chi connectivity index (χ0) is 14.3. The summed E-state index contributed by atoms with van der Waals surface area (Å²) in [4.78, 5) is 12.3. The van der Waals surface area contributed by atoms with Crippen molar-refractivity contribution in [3.05, 3.63) is 40.5 Å². The van der Waals surface area contributed by atoms with Gasteiger partial charge in [-0.15, -0.1) is 11.3 Å². The number of hydrogen-bond donors (Lipinski definition) is 0. The molecule has 0 aliphatic carbocycles. The minimum atomic E-state index is -4.47. The summed E-state index contributed by atoms with van der Waals surface area (Å²) in [6.45, 7) is 0. The summed E-state index contributed by atoms with van der Waals surface area (Å²) < 4.78 is 38.5. The molecule has 20 heavy (non-hydrogen) atoms. The molecular weight excluding hydrogens is 311 g/mol. The van der Waals surface area contributed by atoms with Crippen LogP contribution in [0.4, 0.5) is 13.2 Å². The predicted molar refractivity (Wildman–Crippen MR) is 70.7 cm³/mol. The summed E-state index contributed by atoms with van der Waals surface area (Å²) in [6, 6.07) is 5.12. The van der Waals surface area contributed by atoms with E-state index in [1.165, 1.54) is 0 Å². The molecule has 0 saturated heterocycles. The first kappa shape index (κ1) is 13.3. The third kappa shape index (κ3) is 2.23. The van der Waals surface area contributed by atoms with E-state index in [0.717, 1.165) is 16.7 Å². The maximum absolute atomic E-state index is 12.8. The highest BCUT2D eigenvalue weighted by Gasteiger charge is 2.35. The number of nitrogens with zero attached hydrogens (tertiary/aromatic N) is 3. The first-order valence-corrected chi connectivity index (χ1v) is 6.66. The Balaban J connectivity index is 2.23. The molecule has 0 aliphatic rings. The van der Waals surface area contributed by atoms with Gasteiger partial charge in [-0.25, -0.2) is 9.97 Å². The van der Waals surface area contributed by atoms with Crippen LogP contribution in [0, 0.1) is 0 Å². The fourth-order valence-electron chi connectivity index (χ4n) is 1.72. The van der Waals surface area contributed by atoms with E-state index < -0.39 is 11.7 Å². The van der Waals surface area contributed by atoms with Crippen LogP contribution in [0.1, 0.15) is 5.56 Å². The second-order valence-corrected chi connectivity index (χ2v) is 5.10. The van der Waals surface area contributed by atoms with Gasteiger partial charge in [0.25, 0.3) is 0 Å². The van der Waals surface area contributed by atoms with E-state index in [-0.39, 0.29) is 21.2 Å². The van der Waals surface area contributed by atoms with Crippen molar-refractivity contribution in [3.63, 3.8) is 0 Å². The molecule has 3 heterocycles. The average molecular weight is 316 g/mol. The molecule has 0 aliphatic heterocycles. The van der Waals surface area contributed by atoms with Crippen molar-refractivity contribution in [1.82, 2.24) is 15.0 Å². The van der Waals surface area contributed by atoms with Crippen LogP contribution in [0.5, 0.6) is 0 Å². The monoisotopic (exact) mass is 315 g/mol. The fourth-order valence-corrected chi connectivity index (χ4v) is 2.99. The molecule has 0 aromatic carbocycles. The molecule has 0 saturated carbocycles. The highest BCUT2D eigenvalue weighted by atomic mass is 35.5. The van der Waals surface area contributed by atoms with E-state index in [2.05, 4.69) is 15.0 Å². The van der Waals surface area contributed by atoms with Crippen LogP contribution in [-0.2, 0) is 6.18 Å². The summed E-state index contributed by atoms with van der Waals surface area (Å²) in [6.07, 6.45) is -2.93. The Morgan fingerprint density at radius 1 is 1.15 bits per heavy atom. The number of pyridine rings is 1. The lowest BCUT2D eigenvalue weighted by Crippen LogP contribution is -2.04. The van der Waals surface area contributed by atoms with E-state index in [0.29, 0.717) is 5.69 Å². The Morgan fingerprint density at radius 3 is 2.60 bits per heavy atom. The third-order valence-corrected chi connectivity index (χ3v) is 3.73. The average Bonchev–Trinajstić information content (AvgIpc) is 2.84. The van der Waals surface area contributed by atoms with Gasteiger partial charge in [-0.05, 0) is 12.1 Å². The molecule has 0 radical (unpaired) electrons. The van der Waals surface area contributed by atoms with Gasteiger partial charge in [-0.3, -0.25) is 4.98 Å². The fraction of sp³-hybridized carbons (Fsp3) is 0.0833. The van der Waals surface area contributed by atoms with Gasteiger partial charge in [-0.2, -0.15) is 13.2 Å². The van der Waals surface area contributed by atoms with Gasteiger partial charge in [-0.1, -0.05) is 17.7 Å². The highest BCUT2D eigenvalue weighted by molar-refractivity contribution is 7.17. The smallest absolute Gasteiger partial charge is 0.253 e. The molecule has 0 N–H and O–H groups in total. The van der Waals surface area contributed by atoms with Gasteiger partial charge in [0.15, 0.2) is 5.82 Å². The van der Waals surface area contributed by atoms with Crippen molar-refractivity contribution in [3.8, 4) is 11.5 Å². The number of hydrogen-bond acceptors (Lipinski definition) is 4. The topological polar surface area (TPSA) is 38.7 Å². The van der Waals surface area contributed by atoms with E-state index in [4.69, 9.17) is 11.6 Å². The van der Waals surface area contributed by atoms with Crippen molar-refractivity contribution in [2.75, 3.05) is 0 Å². The lowest BCUT2D eigenvalue weighted by Gasteiger charge is -2.06. The van der Waals surface area contributed by atoms with Crippen LogP contribution in [0.25, 0.3) is 21.7 Å². The Hall–Kier alpha value is -1.73. The number of aromatic nitrogens is 3. The lowest BCUT2D eigenvalue weighted by molar-refractivity contribution is -0.136. The Bertz CT molecular complexity index is 771. The molecule has 0 unspecified atom stereocenters. The minimum Gasteiger partial charge on any atom is -0.253 e. The first-order chi connectivity index (χ1) is 9.47. The molecule has 102 valence electrons. The van der Waals surface area contributed by atoms with E-state index >= 15 is 0 Å². The summed E-state index contributed by atoms with van der Waals surface area (Å²) >= 11 is 6.77. The molecule has 0 spiro atoms. The zero-order valence-corrected chi connectivity index (χ0v) is 11.2. The van der Waals surface area contributed by atoms with Crippen LogP contribution in [-0.4, -0.2) is 15.0 Å². The van der Waals surface area contributed by atoms with Gasteiger partial charge in [0.1, 0.15) is 15.7 Å². The van der Waals surface area contributed by atoms with Crippen molar-refractivity contribution in [1.29, 1.82) is 0 Å². The van der Waals surface area contributed by atoms with Crippen molar-refractivity contribution < 1.29 is 13.2 Å². The van der Waals surface area contributed by atoms with Crippen molar-refractivity contribution in [2.24, 2.45) is 0 Å². The van der Waals surface area contributed by atoms with Gasteiger partial charge >= 0.3 is 6.18 Å². The summed E-state index contributed by atoms with van der Waals surface area (Å²) in [5.41, 5.74) is -0.353. The molecule has 8 heteroatoms. The zero-order valence-electron chi connectivity index (χ0n) is 9.65.